The third-order valence-corrected chi connectivity index (χ3v) is 12.3. The summed E-state index contributed by atoms with van der Waals surface area (Å²) in [5, 5.41) is 7.33. The normalized spacial score (nSPS) is 14.9. The molecular weight excluding hydrogens is 691 g/mol. The Balaban J connectivity index is 1.14. The van der Waals surface area contributed by atoms with Crippen LogP contribution < -0.4 is 9.64 Å². The van der Waals surface area contributed by atoms with Gasteiger partial charge in [-0.1, -0.05) is 176 Å². The Morgan fingerprint density at radius 1 is 0.351 bits per heavy atom. The van der Waals surface area contributed by atoms with E-state index in [-0.39, 0.29) is 0 Å². The van der Waals surface area contributed by atoms with Crippen LogP contribution >= 0.6 is 0 Å². The van der Waals surface area contributed by atoms with E-state index < -0.39 is 5.41 Å². The summed E-state index contributed by atoms with van der Waals surface area (Å²) in [4.78, 5) is 2.41. The van der Waals surface area contributed by atoms with E-state index in [1.807, 2.05) is 0 Å². The van der Waals surface area contributed by atoms with Gasteiger partial charge in [0.15, 0.2) is 0 Å². The number of anilines is 3. The molecule has 0 fully saturated rings. The Bertz CT molecular complexity index is 3230. The number of hydrogen-bond acceptors (Lipinski definition) is 2. The molecule has 2 nitrogen and oxygen atoms in total. The van der Waals surface area contributed by atoms with Gasteiger partial charge in [-0.2, -0.15) is 0 Å². The zero-order valence-electron chi connectivity index (χ0n) is 31.1. The lowest BCUT2D eigenvalue weighted by Gasteiger charge is -2.45. The first-order valence-corrected chi connectivity index (χ1v) is 19.7. The standard InChI is InChI=1S/C55H35NO/c1-2-15-37(16-3-1)42-21-12-23-45-43(42)22-13-28-51(45)56(40-31-30-36-14-4-5-17-39(36)34-40)41-32-33-49-53(35-41)57-52-29-9-8-26-48(52)55(49)47-25-7-6-20-44(47)46-24-10-18-38-19-11-27-50(55)54(38)46/h1-35H. The van der Waals surface area contributed by atoms with Crippen molar-refractivity contribution < 1.29 is 4.74 Å². The number of hydrogen-bond donors (Lipinski definition) is 0. The van der Waals surface area contributed by atoms with Crippen molar-refractivity contribution in [3.8, 4) is 33.8 Å². The van der Waals surface area contributed by atoms with E-state index in [0.29, 0.717) is 0 Å². The van der Waals surface area contributed by atoms with Gasteiger partial charge in [0.1, 0.15) is 11.5 Å². The molecule has 0 amide bonds. The average Bonchev–Trinajstić information content (AvgIpc) is 3.28. The predicted octanol–water partition coefficient (Wildman–Crippen LogP) is 14.8. The molecule has 1 unspecified atom stereocenters. The molecule has 10 aromatic rings. The smallest absolute Gasteiger partial charge is 0.134 e. The zero-order chi connectivity index (χ0) is 37.5. The minimum absolute atomic E-state index is 0.592. The topological polar surface area (TPSA) is 12.5 Å². The summed E-state index contributed by atoms with van der Waals surface area (Å²) in [6.07, 6.45) is 0. The van der Waals surface area contributed by atoms with Gasteiger partial charge >= 0.3 is 0 Å². The molecule has 10 aromatic carbocycles. The lowest BCUT2D eigenvalue weighted by Crippen LogP contribution is -2.36. The van der Waals surface area contributed by atoms with Crippen LogP contribution in [0.2, 0.25) is 0 Å². The summed E-state index contributed by atoms with van der Waals surface area (Å²) in [6.45, 7) is 0. The monoisotopic (exact) mass is 725 g/mol. The molecule has 2 heteroatoms. The molecule has 1 heterocycles. The van der Waals surface area contributed by atoms with Crippen LogP contribution in [0.1, 0.15) is 22.3 Å². The molecule has 1 aliphatic heterocycles. The van der Waals surface area contributed by atoms with Crippen LogP contribution in [0.5, 0.6) is 11.5 Å². The van der Waals surface area contributed by atoms with E-state index in [0.717, 1.165) is 39.7 Å². The number of ether oxygens (including phenoxy) is 1. The second-order valence-electron chi connectivity index (χ2n) is 15.2. The van der Waals surface area contributed by atoms with Crippen molar-refractivity contribution in [3.05, 3.63) is 235 Å². The zero-order valence-corrected chi connectivity index (χ0v) is 31.1. The van der Waals surface area contributed by atoms with Gasteiger partial charge in [0.05, 0.1) is 11.1 Å². The molecule has 0 radical (unpaired) electrons. The van der Waals surface area contributed by atoms with Crippen LogP contribution in [0.25, 0.3) is 54.6 Å². The van der Waals surface area contributed by atoms with Crippen LogP contribution in [0.4, 0.5) is 17.1 Å². The molecule has 0 N–H and O–H groups in total. The molecule has 1 atom stereocenters. The van der Waals surface area contributed by atoms with Gasteiger partial charge < -0.3 is 9.64 Å². The van der Waals surface area contributed by atoms with E-state index in [1.165, 1.54) is 65.7 Å². The van der Waals surface area contributed by atoms with E-state index in [9.17, 15) is 0 Å². The summed E-state index contributed by atoms with van der Waals surface area (Å²) in [5.74, 6) is 1.73. The third-order valence-electron chi connectivity index (χ3n) is 12.3. The summed E-state index contributed by atoms with van der Waals surface area (Å²) in [6, 6.07) is 77.4. The van der Waals surface area contributed by atoms with Gasteiger partial charge in [-0.3, -0.25) is 0 Å². The fourth-order valence-electron chi connectivity index (χ4n) is 9.92. The summed E-state index contributed by atoms with van der Waals surface area (Å²) in [7, 11) is 0. The Hall–Kier alpha value is -7.42. The minimum atomic E-state index is -0.592. The summed E-state index contributed by atoms with van der Waals surface area (Å²) >= 11 is 0. The fraction of sp³-hybridized carbons (Fsp3) is 0.0182. The first-order chi connectivity index (χ1) is 28.3. The molecule has 0 saturated carbocycles. The molecule has 0 bridgehead atoms. The average molecular weight is 726 g/mol. The van der Waals surface area contributed by atoms with Gasteiger partial charge in [0.2, 0.25) is 0 Å². The molecular formula is C55H35NO. The first-order valence-electron chi connectivity index (χ1n) is 19.7. The molecule has 0 saturated heterocycles. The number of fused-ring (bicyclic) bond motifs is 10. The maximum absolute atomic E-state index is 7.07. The Kier molecular flexibility index (Phi) is 6.88. The molecule has 1 aliphatic carbocycles. The van der Waals surface area contributed by atoms with Gasteiger partial charge in [0.25, 0.3) is 0 Å². The van der Waals surface area contributed by atoms with E-state index in [4.69, 9.17) is 4.74 Å². The van der Waals surface area contributed by atoms with Crippen LogP contribution in [-0.4, -0.2) is 0 Å². The largest absolute Gasteiger partial charge is 0.457 e. The predicted molar refractivity (Wildman–Crippen MR) is 236 cm³/mol. The molecule has 2 aliphatic rings. The van der Waals surface area contributed by atoms with Gasteiger partial charge in [0, 0.05) is 34.0 Å². The van der Waals surface area contributed by atoms with Gasteiger partial charge in [-0.05, 0) is 90.6 Å². The lowest BCUT2D eigenvalue weighted by molar-refractivity contribution is 0.435. The Labute approximate surface area is 331 Å². The first kappa shape index (κ1) is 31.9. The highest BCUT2D eigenvalue weighted by molar-refractivity contribution is 6.07. The summed E-state index contributed by atoms with van der Waals surface area (Å²) < 4.78 is 7.07. The van der Waals surface area contributed by atoms with Gasteiger partial charge in [-0.15, -0.1) is 0 Å². The van der Waals surface area contributed by atoms with E-state index in [1.54, 1.807) is 0 Å². The summed E-state index contributed by atoms with van der Waals surface area (Å²) in [5.41, 5.74) is 12.4. The quantitative estimate of drug-likeness (QED) is 0.179. The highest BCUT2D eigenvalue weighted by atomic mass is 16.5. The maximum atomic E-state index is 7.07. The number of benzene rings is 10. The minimum Gasteiger partial charge on any atom is -0.457 e. The van der Waals surface area contributed by atoms with E-state index in [2.05, 4.69) is 217 Å². The second-order valence-corrected chi connectivity index (χ2v) is 15.2. The van der Waals surface area contributed by atoms with Crippen molar-refractivity contribution >= 4 is 49.4 Å². The SMILES string of the molecule is c1ccc(-c2cccc3c(N(c4ccc5c(c4)Oc4ccccc4C54c5ccccc5-c5cccc6cccc4c56)c4ccc5ccccc5c4)cccc23)cc1. The van der Waals surface area contributed by atoms with E-state index >= 15 is 0 Å². The van der Waals surface area contributed by atoms with Crippen molar-refractivity contribution in [2.45, 2.75) is 5.41 Å². The van der Waals surface area contributed by atoms with Crippen LogP contribution in [0.3, 0.4) is 0 Å². The molecule has 57 heavy (non-hydrogen) atoms. The highest BCUT2D eigenvalue weighted by Crippen LogP contribution is 2.61. The van der Waals surface area contributed by atoms with Crippen molar-refractivity contribution in [1.82, 2.24) is 0 Å². The van der Waals surface area contributed by atoms with Crippen molar-refractivity contribution in [1.29, 1.82) is 0 Å². The van der Waals surface area contributed by atoms with Gasteiger partial charge in [-0.25, -0.2) is 0 Å². The molecule has 266 valence electrons. The lowest BCUT2D eigenvalue weighted by atomic mass is 9.58. The fourth-order valence-corrected chi connectivity index (χ4v) is 9.92. The highest BCUT2D eigenvalue weighted by Gasteiger charge is 2.49. The molecule has 1 spiro atoms. The molecule has 0 aromatic heterocycles. The third kappa shape index (κ3) is 4.59. The second kappa shape index (κ2) is 12.3. The number of nitrogens with zero attached hydrogens (tertiary/aromatic N) is 1. The van der Waals surface area contributed by atoms with Crippen LogP contribution in [0, 0.1) is 0 Å². The Morgan fingerprint density at radius 3 is 1.88 bits per heavy atom. The maximum Gasteiger partial charge on any atom is 0.134 e. The van der Waals surface area contributed by atoms with Crippen molar-refractivity contribution in [3.63, 3.8) is 0 Å². The van der Waals surface area contributed by atoms with Crippen LogP contribution in [-0.2, 0) is 5.41 Å². The number of para-hydroxylation sites is 1. The van der Waals surface area contributed by atoms with Crippen molar-refractivity contribution in [2.24, 2.45) is 0 Å². The van der Waals surface area contributed by atoms with Crippen molar-refractivity contribution in [2.75, 3.05) is 4.90 Å². The Morgan fingerprint density at radius 2 is 0.965 bits per heavy atom. The molecule has 12 rings (SSSR count). The van der Waals surface area contributed by atoms with Crippen LogP contribution in [0.15, 0.2) is 212 Å². The number of rotatable bonds is 4.